The second-order valence-corrected chi connectivity index (χ2v) is 13.7. The molecule has 0 spiro atoms. The maximum absolute atomic E-state index is 14.1. The number of methoxy groups -OCH3 is 1. The van der Waals surface area contributed by atoms with E-state index in [1.807, 2.05) is 23.9 Å². The first kappa shape index (κ1) is 29.7. The number of carbonyl (C=O) groups is 1. The molecule has 3 aromatic rings. The second-order valence-electron chi connectivity index (χ2n) is 9.63. The number of hydrogen-bond acceptors (Lipinski definition) is 6. The SMILES string of the molecule is COc1ccc(S(=O)(=O)n2cc(CCCN(C)C)c3cc(F)ccc32)cc1N1CCN(C(=O)C(Cl)(Cl)Cl)CC1. The summed E-state index contributed by atoms with van der Waals surface area (Å²) in [6.45, 7) is 2.16. The maximum Gasteiger partial charge on any atom is 0.274 e. The molecule has 2 aromatic carbocycles. The smallest absolute Gasteiger partial charge is 0.274 e. The van der Waals surface area contributed by atoms with Gasteiger partial charge in [-0.05, 0) is 75.4 Å². The highest BCUT2D eigenvalue weighted by Gasteiger charge is 2.37. The molecule has 212 valence electrons. The van der Waals surface area contributed by atoms with Gasteiger partial charge in [0.15, 0.2) is 0 Å². The number of carbonyl (C=O) groups excluding carboxylic acids is 1. The molecule has 8 nitrogen and oxygen atoms in total. The Morgan fingerprint density at radius 1 is 1.08 bits per heavy atom. The summed E-state index contributed by atoms with van der Waals surface area (Å²) >= 11 is 17.3. The lowest BCUT2D eigenvalue weighted by Gasteiger charge is -2.37. The summed E-state index contributed by atoms with van der Waals surface area (Å²) in [5, 5.41) is 0.570. The number of amides is 1. The van der Waals surface area contributed by atoms with Crippen LogP contribution < -0.4 is 9.64 Å². The third-order valence-electron chi connectivity index (χ3n) is 6.72. The standard InChI is InChI=1S/C26H30Cl3FN4O4S/c1-31(2)10-4-5-18-17-34(22-8-6-19(30)15-21(18)22)39(36,37)20-7-9-24(38-3)23(16-20)32-11-13-33(14-12-32)25(35)26(27,28)29/h6-9,15-17H,4-5,10-14H2,1-3H3. The molecule has 0 bridgehead atoms. The fourth-order valence-electron chi connectivity index (χ4n) is 4.74. The zero-order valence-corrected chi connectivity index (χ0v) is 24.9. The number of anilines is 1. The number of fused-ring (bicyclic) bond motifs is 1. The van der Waals surface area contributed by atoms with Crippen molar-refractivity contribution in [1.29, 1.82) is 0 Å². The van der Waals surface area contributed by atoms with Crippen LogP contribution in [0.25, 0.3) is 10.9 Å². The van der Waals surface area contributed by atoms with Crippen molar-refractivity contribution < 1.29 is 22.3 Å². The molecule has 0 N–H and O–H groups in total. The molecule has 2 heterocycles. The van der Waals surface area contributed by atoms with Crippen molar-refractivity contribution in [2.75, 3.05) is 58.8 Å². The molecule has 13 heteroatoms. The molecule has 0 atom stereocenters. The van der Waals surface area contributed by atoms with Crippen LogP contribution >= 0.6 is 34.8 Å². The summed E-state index contributed by atoms with van der Waals surface area (Å²) in [6.07, 6.45) is 2.98. The normalized spacial score (nSPS) is 14.9. The lowest BCUT2D eigenvalue weighted by atomic mass is 10.1. The molecule has 0 radical (unpaired) electrons. The highest BCUT2D eigenvalue weighted by molar-refractivity contribution is 7.90. The number of halogens is 4. The topological polar surface area (TPSA) is 75.1 Å². The lowest BCUT2D eigenvalue weighted by molar-refractivity contribution is -0.130. The molecule has 0 aliphatic carbocycles. The quantitative estimate of drug-likeness (QED) is 0.345. The number of alkyl halides is 3. The lowest BCUT2D eigenvalue weighted by Crippen LogP contribution is -2.51. The Balaban J connectivity index is 1.67. The molecule has 0 unspecified atom stereocenters. The van der Waals surface area contributed by atoms with E-state index in [2.05, 4.69) is 0 Å². The Bertz CT molecular complexity index is 1470. The van der Waals surface area contributed by atoms with E-state index >= 15 is 0 Å². The van der Waals surface area contributed by atoms with Gasteiger partial charge < -0.3 is 19.4 Å². The summed E-state index contributed by atoms with van der Waals surface area (Å²) in [5.41, 5.74) is 1.74. The van der Waals surface area contributed by atoms with Crippen molar-refractivity contribution >= 4 is 67.3 Å². The first-order valence-electron chi connectivity index (χ1n) is 12.3. The van der Waals surface area contributed by atoms with Crippen molar-refractivity contribution in [3.8, 4) is 5.75 Å². The third-order valence-corrected chi connectivity index (χ3v) is 8.88. The summed E-state index contributed by atoms with van der Waals surface area (Å²) in [7, 11) is 1.39. The van der Waals surface area contributed by atoms with E-state index in [-0.39, 0.29) is 18.0 Å². The molecule has 1 amide bonds. The van der Waals surface area contributed by atoms with Crippen LogP contribution in [0.2, 0.25) is 0 Å². The van der Waals surface area contributed by atoms with E-state index in [1.54, 1.807) is 18.3 Å². The van der Waals surface area contributed by atoms with Gasteiger partial charge in [-0.25, -0.2) is 16.8 Å². The van der Waals surface area contributed by atoms with Crippen LogP contribution in [0.5, 0.6) is 5.75 Å². The molecular weight excluding hydrogens is 590 g/mol. The van der Waals surface area contributed by atoms with Crippen molar-refractivity contribution in [2.24, 2.45) is 0 Å². The molecule has 1 aromatic heterocycles. The van der Waals surface area contributed by atoms with Crippen LogP contribution in [0.1, 0.15) is 12.0 Å². The number of hydrogen-bond donors (Lipinski definition) is 0. The van der Waals surface area contributed by atoms with E-state index < -0.39 is 25.5 Å². The predicted molar refractivity (Wildman–Crippen MR) is 153 cm³/mol. The monoisotopic (exact) mass is 618 g/mol. The maximum atomic E-state index is 14.1. The molecule has 4 rings (SSSR count). The molecule has 1 fully saturated rings. The Kier molecular flexibility index (Phi) is 8.92. The minimum Gasteiger partial charge on any atom is -0.495 e. The first-order valence-corrected chi connectivity index (χ1v) is 14.9. The van der Waals surface area contributed by atoms with Crippen molar-refractivity contribution in [1.82, 2.24) is 13.8 Å². The van der Waals surface area contributed by atoms with Gasteiger partial charge in [-0.3, -0.25) is 4.79 Å². The van der Waals surface area contributed by atoms with Crippen LogP contribution in [-0.4, -0.2) is 85.8 Å². The van der Waals surface area contributed by atoms with Gasteiger partial charge >= 0.3 is 0 Å². The minimum absolute atomic E-state index is 0.0548. The summed E-state index contributed by atoms with van der Waals surface area (Å²) in [4.78, 5) is 17.8. The van der Waals surface area contributed by atoms with Crippen molar-refractivity contribution in [3.05, 3.63) is 54.0 Å². The molecule has 1 aliphatic heterocycles. The van der Waals surface area contributed by atoms with E-state index in [1.165, 1.54) is 40.2 Å². The molecule has 1 saturated heterocycles. The van der Waals surface area contributed by atoms with Gasteiger partial charge in [-0.15, -0.1) is 0 Å². The van der Waals surface area contributed by atoms with Gasteiger partial charge in [-0.2, -0.15) is 0 Å². The summed E-state index contributed by atoms with van der Waals surface area (Å²) in [5.74, 6) is -0.544. The number of aryl methyl sites for hydroxylation is 1. The Morgan fingerprint density at radius 3 is 2.38 bits per heavy atom. The summed E-state index contributed by atoms with van der Waals surface area (Å²) in [6, 6.07) is 8.77. The Morgan fingerprint density at radius 2 is 1.77 bits per heavy atom. The molecular formula is C26H30Cl3FN4O4S. The predicted octanol–water partition coefficient (Wildman–Crippen LogP) is 4.54. The van der Waals surface area contributed by atoms with E-state index in [9.17, 15) is 17.6 Å². The molecule has 1 aliphatic rings. The second kappa shape index (κ2) is 11.7. The van der Waals surface area contributed by atoms with Crippen LogP contribution in [0.4, 0.5) is 10.1 Å². The number of rotatable bonds is 8. The fraction of sp³-hybridized carbons (Fsp3) is 0.423. The van der Waals surface area contributed by atoms with Gasteiger partial charge in [0.05, 0.1) is 23.2 Å². The van der Waals surface area contributed by atoms with Crippen molar-refractivity contribution in [2.45, 2.75) is 21.5 Å². The number of nitrogens with zero attached hydrogens (tertiary/aromatic N) is 4. The molecule has 39 heavy (non-hydrogen) atoms. The van der Waals surface area contributed by atoms with E-state index in [4.69, 9.17) is 39.5 Å². The highest BCUT2D eigenvalue weighted by Crippen LogP contribution is 2.35. The largest absolute Gasteiger partial charge is 0.495 e. The average molecular weight is 620 g/mol. The van der Waals surface area contributed by atoms with Crippen molar-refractivity contribution in [3.63, 3.8) is 0 Å². The van der Waals surface area contributed by atoms with Gasteiger partial charge in [-0.1, -0.05) is 34.8 Å². The number of ether oxygens (including phenoxy) is 1. The van der Waals surface area contributed by atoms with E-state index in [0.29, 0.717) is 41.9 Å². The number of benzene rings is 2. The fourth-order valence-corrected chi connectivity index (χ4v) is 6.51. The first-order chi connectivity index (χ1) is 18.3. The van der Waals surface area contributed by atoms with Gasteiger partial charge in [0, 0.05) is 37.8 Å². The minimum atomic E-state index is -4.04. The van der Waals surface area contributed by atoms with Crippen LogP contribution in [0.3, 0.4) is 0 Å². The van der Waals surface area contributed by atoms with Gasteiger partial charge in [0.1, 0.15) is 11.6 Å². The number of aromatic nitrogens is 1. The Hall–Kier alpha value is -2.24. The Labute approximate surface area is 242 Å². The highest BCUT2D eigenvalue weighted by atomic mass is 35.6. The zero-order chi connectivity index (χ0) is 28.5. The zero-order valence-electron chi connectivity index (χ0n) is 21.8. The van der Waals surface area contributed by atoms with Crippen LogP contribution in [-0.2, 0) is 21.2 Å². The van der Waals surface area contributed by atoms with Crippen LogP contribution in [0.15, 0.2) is 47.5 Å². The van der Waals surface area contributed by atoms with E-state index in [0.717, 1.165) is 18.5 Å². The molecule has 0 saturated carbocycles. The number of piperazine rings is 1. The average Bonchev–Trinajstić information content (AvgIpc) is 3.25. The van der Waals surface area contributed by atoms with Gasteiger partial charge in [0.25, 0.3) is 19.7 Å². The van der Waals surface area contributed by atoms with Gasteiger partial charge in [0.2, 0.25) is 0 Å². The van der Waals surface area contributed by atoms with Crippen LogP contribution in [0, 0.1) is 5.82 Å². The summed E-state index contributed by atoms with van der Waals surface area (Å²) < 4.78 is 46.7. The third kappa shape index (κ3) is 6.41.